The Labute approximate surface area is 319 Å². The maximum atomic E-state index is 13.3. The summed E-state index contributed by atoms with van der Waals surface area (Å²) in [4.78, 5) is 48.7. The second-order valence-electron chi connectivity index (χ2n) is 18.1. The molecule has 8 bridgehead atoms. The highest BCUT2D eigenvalue weighted by Crippen LogP contribution is 2.58. The Kier molecular flexibility index (Phi) is 9.05. The zero-order valence-corrected chi connectivity index (χ0v) is 32.6. The zero-order chi connectivity index (χ0) is 37.6. The number of halogens is 1. The van der Waals surface area contributed by atoms with E-state index in [4.69, 9.17) is 0 Å². The number of nitro groups is 2. The van der Waals surface area contributed by atoms with Crippen LogP contribution in [0.4, 0.5) is 22.7 Å². The largest absolute Gasteiger partial charge is 0.294 e. The van der Waals surface area contributed by atoms with Crippen molar-refractivity contribution in [1.82, 2.24) is 10.0 Å². The van der Waals surface area contributed by atoms with E-state index in [0.29, 0.717) is 35.0 Å². The van der Waals surface area contributed by atoms with Crippen LogP contribution in [0.1, 0.15) is 91.9 Å². The van der Waals surface area contributed by atoms with Crippen molar-refractivity contribution in [3.63, 3.8) is 0 Å². The maximum absolute atomic E-state index is 13.3. The van der Waals surface area contributed by atoms with Gasteiger partial charge in [0.25, 0.3) is 23.2 Å². The van der Waals surface area contributed by atoms with Crippen LogP contribution in [0.25, 0.3) is 0 Å². The molecule has 2 aromatic carbocycles. The monoisotopic (exact) mass is 790 g/mol. The lowest BCUT2D eigenvalue weighted by molar-refractivity contribution is -0.384. The van der Waals surface area contributed by atoms with Gasteiger partial charge in [-0.2, -0.15) is 0 Å². The van der Waals surface area contributed by atoms with Crippen molar-refractivity contribution in [1.29, 1.82) is 0 Å². The molecule has 1 heterocycles. The predicted octanol–water partition coefficient (Wildman–Crippen LogP) is 8.51. The highest BCUT2D eigenvalue weighted by atomic mass is 79.9. The third kappa shape index (κ3) is 6.28. The molecule has 1 N–H and O–H groups in total. The van der Waals surface area contributed by atoms with Crippen LogP contribution in [0.5, 0.6) is 0 Å². The first-order valence-electron chi connectivity index (χ1n) is 19.5. The van der Waals surface area contributed by atoms with Gasteiger partial charge in [-0.25, -0.2) is 5.01 Å². The van der Waals surface area contributed by atoms with E-state index in [9.17, 15) is 29.8 Å². The predicted molar refractivity (Wildman–Crippen MR) is 205 cm³/mol. The summed E-state index contributed by atoms with van der Waals surface area (Å²) < 4.78 is -0.738. The lowest BCUT2D eigenvalue weighted by atomic mass is 9.53. The molecular weight excluding hydrogens is 740 g/mol. The number of anilines is 2. The summed E-state index contributed by atoms with van der Waals surface area (Å²) in [5.41, 5.74) is 3.42. The molecule has 0 spiro atoms. The number of rotatable bonds is 8. The average molecular weight is 792 g/mol. The lowest BCUT2D eigenvalue weighted by Crippen LogP contribution is -2.80. The Bertz CT molecular complexity index is 1760. The Hall–Kier alpha value is -3.74. The van der Waals surface area contributed by atoms with Gasteiger partial charge in [0.2, 0.25) is 0 Å². The molecule has 8 aliphatic carbocycles. The van der Waals surface area contributed by atoms with Gasteiger partial charge in [-0.15, -0.1) is 0 Å². The van der Waals surface area contributed by atoms with E-state index in [-0.39, 0.29) is 40.2 Å². The van der Waals surface area contributed by atoms with Crippen LogP contribution < -0.4 is 10.4 Å². The molecular formula is C40H51BrN6O6. The molecule has 8 saturated carbocycles. The molecule has 0 unspecified atom stereocenters. The Balaban J connectivity index is 0.000000151. The quantitative estimate of drug-likeness (QED) is 0.159. The molecule has 2 aromatic rings. The third-order valence-electron chi connectivity index (χ3n) is 13.8. The molecule has 11 rings (SSSR count). The number of carbonyl (C=O) groups is 2. The van der Waals surface area contributed by atoms with Gasteiger partial charge in [-0.1, -0.05) is 40.2 Å². The summed E-state index contributed by atoms with van der Waals surface area (Å²) in [5, 5.41) is 28.5. The van der Waals surface area contributed by atoms with Crippen molar-refractivity contribution in [2.45, 2.75) is 114 Å². The van der Waals surface area contributed by atoms with Crippen LogP contribution in [0.15, 0.2) is 48.5 Å². The molecule has 12 nitrogen and oxygen atoms in total. The van der Waals surface area contributed by atoms with E-state index in [1.165, 1.54) is 76.3 Å². The first kappa shape index (κ1) is 36.2. The first-order valence-corrected chi connectivity index (χ1v) is 20.3. The van der Waals surface area contributed by atoms with Crippen molar-refractivity contribution >= 4 is 50.5 Å². The number of hydrazine groups is 2. The van der Waals surface area contributed by atoms with Gasteiger partial charge < -0.3 is 0 Å². The summed E-state index contributed by atoms with van der Waals surface area (Å²) in [5.74, 6) is 5.35. The summed E-state index contributed by atoms with van der Waals surface area (Å²) in [6.45, 7) is 7.41. The molecule has 0 aromatic heterocycles. The number of nitrogens with one attached hydrogen (secondary N) is 1. The van der Waals surface area contributed by atoms with Crippen molar-refractivity contribution in [3.8, 4) is 0 Å². The van der Waals surface area contributed by atoms with E-state index in [1.807, 2.05) is 43.8 Å². The maximum Gasteiger partial charge on any atom is 0.294 e. The number of hydrogen-bond acceptors (Lipinski definition) is 8. The number of para-hydroxylation sites is 4. The highest BCUT2D eigenvalue weighted by Gasteiger charge is 2.62. The second kappa shape index (κ2) is 13.2. The minimum atomic E-state index is -0.738. The van der Waals surface area contributed by atoms with Crippen LogP contribution in [0.3, 0.4) is 0 Å². The number of nitro benzene ring substituents is 2. The van der Waals surface area contributed by atoms with Gasteiger partial charge in [0.05, 0.1) is 21.9 Å². The third-order valence-corrected chi connectivity index (χ3v) is 14.1. The van der Waals surface area contributed by atoms with E-state index >= 15 is 0 Å². The van der Waals surface area contributed by atoms with Crippen molar-refractivity contribution in [2.75, 3.05) is 10.4 Å². The van der Waals surface area contributed by atoms with Crippen molar-refractivity contribution in [3.05, 3.63) is 68.8 Å². The molecule has 53 heavy (non-hydrogen) atoms. The van der Waals surface area contributed by atoms with Gasteiger partial charge in [0, 0.05) is 12.1 Å². The second-order valence-corrected chi connectivity index (χ2v) is 20.1. The molecule has 13 heteroatoms. The number of benzene rings is 2. The van der Waals surface area contributed by atoms with Crippen LogP contribution in [0, 0.1) is 67.6 Å². The van der Waals surface area contributed by atoms with Gasteiger partial charge in [0.1, 0.15) is 21.2 Å². The molecule has 1 aliphatic heterocycles. The summed E-state index contributed by atoms with van der Waals surface area (Å²) >= 11 is 3.51. The topological polar surface area (TPSA) is 142 Å². The summed E-state index contributed by atoms with van der Waals surface area (Å²) in [6.07, 6.45) is 12.2. The van der Waals surface area contributed by atoms with Crippen molar-refractivity contribution < 1.29 is 19.4 Å². The van der Waals surface area contributed by atoms with Gasteiger partial charge in [-0.05, 0) is 151 Å². The molecule has 284 valence electrons. The first-order chi connectivity index (χ1) is 25.1. The number of hydrogen-bond donors (Lipinski definition) is 1. The summed E-state index contributed by atoms with van der Waals surface area (Å²) in [7, 11) is 0. The highest BCUT2D eigenvalue weighted by molar-refractivity contribution is 9.10. The van der Waals surface area contributed by atoms with E-state index in [0.717, 1.165) is 23.7 Å². The molecule has 0 atom stereocenters. The van der Waals surface area contributed by atoms with E-state index < -0.39 is 14.8 Å². The fraction of sp³-hybridized carbons (Fsp3) is 0.650. The number of amides is 2. The number of carbonyl (C=O) groups excluding carboxylic acids is 2. The molecule has 0 radical (unpaired) electrons. The van der Waals surface area contributed by atoms with Crippen LogP contribution >= 0.6 is 15.9 Å². The van der Waals surface area contributed by atoms with Crippen molar-refractivity contribution in [2.24, 2.45) is 47.3 Å². The Morgan fingerprint density at radius 2 is 1.23 bits per heavy atom. The SMILES string of the molecule is CC(C)(Br)C(=O)N(Nc1ccccc1[N+](=O)[O-])C1C2CC3CC(C2)CC1C3.CC1(C)C(=O)N(C2C3CC4CC(C3)CC2C4)N1c1ccccc1[N+](=O)[O-]. The number of nitrogens with zero attached hydrogens (tertiary/aromatic N) is 5. The van der Waals surface area contributed by atoms with E-state index in [1.54, 1.807) is 35.3 Å². The summed E-state index contributed by atoms with van der Waals surface area (Å²) in [6, 6.07) is 13.7. The fourth-order valence-electron chi connectivity index (χ4n) is 12.2. The zero-order valence-electron chi connectivity index (χ0n) is 31.0. The van der Waals surface area contributed by atoms with E-state index in [2.05, 4.69) is 21.4 Å². The molecule has 2 amide bonds. The smallest absolute Gasteiger partial charge is 0.289 e. The minimum Gasteiger partial charge on any atom is -0.289 e. The molecule has 9 aliphatic rings. The minimum absolute atomic E-state index is 0.00788. The standard InChI is InChI=1S/C20H26BrN3O3.C20H25N3O3/c1-20(2,21)19(25)23(22-16-5-3-4-6-17(16)24(26)27)18-14-8-12-7-13(10-14)11-15(18)9-12;1-20(2)19(24)21(22(20)16-5-3-4-6-17(16)23(25)26)18-14-8-12-7-13(10-14)11-15(18)9-12/h3-6,12-15,18,22H,7-11H2,1-2H3;3-6,12-15,18H,7-11H2,1-2H3. The Morgan fingerprint density at radius 1 is 0.774 bits per heavy atom. The van der Waals surface area contributed by atoms with Crippen LogP contribution in [-0.2, 0) is 9.59 Å². The van der Waals surface area contributed by atoms with Crippen LogP contribution in [0.2, 0.25) is 0 Å². The van der Waals surface area contributed by atoms with Gasteiger partial charge >= 0.3 is 0 Å². The van der Waals surface area contributed by atoms with Gasteiger partial charge in [-0.3, -0.25) is 45.3 Å². The van der Waals surface area contributed by atoms with Crippen LogP contribution in [-0.4, -0.2) is 53.6 Å². The van der Waals surface area contributed by atoms with Gasteiger partial charge in [0.15, 0.2) is 0 Å². The average Bonchev–Trinajstić information content (AvgIpc) is 3.09. The molecule has 1 saturated heterocycles. The number of alkyl halides is 1. The lowest BCUT2D eigenvalue weighted by Gasteiger charge is -2.65. The molecule has 9 fully saturated rings. The Morgan fingerprint density at radius 3 is 1.72 bits per heavy atom. The normalized spacial score (nSPS) is 34.2. The fourth-order valence-corrected chi connectivity index (χ4v) is 12.4.